The molecule has 23 heavy (non-hydrogen) atoms. The van der Waals surface area contributed by atoms with E-state index >= 15 is 0 Å². The maximum atomic E-state index is 12.2. The van der Waals surface area contributed by atoms with Gasteiger partial charge in [0.15, 0.2) is 0 Å². The topological polar surface area (TPSA) is 55.4 Å². The molecule has 1 aliphatic rings. The minimum Gasteiger partial charge on any atom is -0.377 e. The third-order valence-electron chi connectivity index (χ3n) is 4.30. The van der Waals surface area contributed by atoms with Gasteiger partial charge in [-0.2, -0.15) is 0 Å². The Hall–Kier alpha value is -1.20. The number of hydrogen-bond donors (Lipinski definition) is 1. The number of amides is 1. The zero-order valence-corrected chi connectivity index (χ0v) is 15.0. The Morgan fingerprint density at radius 1 is 1.35 bits per heavy atom. The summed E-state index contributed by atoms with van der Waals surface area (Å²) in [6.07, 6.45) is 1.56. The molecule has 1 aliphatic heterocycles. The van der Waals surface area contributed by atoms with Crippen LogP contribution in [0.5, 0.6) is 0 Å². The standard InChI is InChI=1S/C18H27NO3S/c1-13(2)16-6-4-15(5-7-16)8-10-19-18(20)12-23(21)17-9-11-22-14(17)3/h4-7,13-14,17H,8-12H2,1-3H3,(H,19,20)/t14-,17-,23-/m0/s1. The van der Waals surface area contributed by atoms with E-state index in [1.807, 2.05) is 6.92 Å². The Morgan fingerprint density at radius 3 is 2.61 bits per heavy atom. The Kier molecular flexibility index (Phi) is 6.78. The Labute approximate surface area is 141 Å². The lowest BCUT2D eigenvalue weighted by Crippen LogP contribution is -2.34. The SMILES string of the molecule is CC(C)c1ccc(CCNC(=O)C[S@](=O)[C@H]2CCO[C@H]2C)cc1. The summed E-state index contributed by atoms with van der Waals surface area (Å²) < 4.78 is 17.6. The summed E-state index contributed by atoms with van der Waals surface area (Å²) in [6.45, 7) is 7.49. The summed E-state index contributed by atoms with van der Waals surface area (Å²) in [5.74, 6) is 0.465. The smallest absolute Gasteiger partial charge is 0.232 e. The van der Waals surface area contributed by atoms with Crippen molar-refractivity contribution in [3.63, 3.8) is 0 Å². The monoisotopic (exact) mass is 337 g/mol. The first kappa shape index (κ1) is 18.1. The van der Waals surface area contributed by atoms with Crippen LogP contribution in [-0.2, 0) is 26.8 Å². The lowest BCUT2D eigenvalue weighted by atomic mass is 10.0. The molecule has 0 saturated carbocycles. The first-order chi connectivity index (χ1) is 11.0. The van der Waals surface area contributed by atoms with E-state index in [1.54, 1.807) is 0 Å². The Morgan fingerprint density at radius 2 is 2.04 bits per heavy atom. The Balaban J connectivity index is 1.71. The van der Waals surface area contributed by atoms with Crippen molar-refractivity contribution < 1.29 is 13.7 Å². The van der Waals surface area contributed by atoms with Gasteiger partial charge in [-0.25, -0.2) is 0 Å². The number of benzene rings is 1. The highest BCUT2D eigenvalue weighted by Crippen LogP contribution is 2.18. The van der Waals surface area contributed by atoms with E-state index < -0.39 is 10.8 Å². The fourth-order valence-corrected chi connectivity index (χ4v) is 4.20. The zero-order chi connectivity index (χ0) is 16.8. The van der Waals surface area contributed by atoms with E-state index in [0.717, 1.165) is 12.8 Å². The van der Waals surface area contributed by atoms with Gasteiger partial charge in [-0.1, -0.05) is 38.1 Å². The molecule has 1 amide bonds. The van der Waals surface area contributed by atoms with E-state index in [0.29, 0.717) is 19.1 Å². The van der Waals surface area contributed by atoms with Gasteiger partial charge in [0.05, 0.1) is 11.4 Å². The van der Waals surface area contributed by atoms with Crippen molar-refractivity contribution in [2.24, 2.45) is 0 Å². The summed E-state index contributed by atoms with van der Waals surface area (Å²) in [4.78, 5) is 11.9. The summed E-state index contributed by atoms with van der Waals surface area (Å²) >= 11 is 0. The predicted octanol–water partition coefficient (Wildman–Crippen LogP) is 2.39. The van der Waals surface area contributed by atoms with Crippen molar-refractivity contribution in [1.82, 2.24) is 5.32 Å². The second-order valence-corrected chi connectivity index (χ2v) is 8.08. The van der Waals surface area contributed by atoms with Crippen LogP contribution in [-0.4, -0.2) is 40.4 Å². The summed E-state index contributed by atoms with van der Waals surface area (Å²) in [7, 11) is -1.15. The molecule has 0 bridgehead atoms. The van der Waals surface area contributed by atoms with Crippen LogP contribution < -0.4 is 5.32 Å². The lowest BCUT2D eigenvalue weighted by Gasteiger charge is -2.13. The molecule has 0 aromatic heterocycles. The average Bonchev–Trinajstić information content (AvgIpc) is 2.94. The molecular formula is C18H27NO3S. The second-order valence-electron chi connectivity index (χ2n) is 6.42. The highest BCUT2D eigenvalue weighted by molar-refractivity contribution is 7.86. The summed E-state index contributed by atoms with van der Waals surface area (Å²) in [6, 6.07) is 8.49. The van der Waals surface area contributed by atoms with E-state index in [1.165, 1.54) is 11.1 Å². The number of ether oxygens (including phenoxy) is 1. The predicted molar refractivity (Wildman–Crippen MR) is 94.1 cm³/mol. The number of carbonyl (C=O) groups is 1. The van der Waals surface area contributed by atoms with Crippen LogP contribution in [0.15, 0.2) is 24.3 Å². The van der Waals surface area contributed by atoms with E-state index in [-0.39, 0.29) is 23.0 Å². The molecule has 0 radical (unpaired) electrons. The van der Waals surface area contributed by atoms with Gasteiger partial charge < -0.3 is 10.1 Å². The Bertz CT molecular complexity index is 542. The molecule has 1 N–H and O–H groups in total. The molecular weight excluding hydrogens is 310 g/mol. The highest BCUT2D eigenvalue weighted by Gasteiger charge is 2.30. The van der Waals surface area contributed by atoms with Gasteiger partial charge >= 0.3 is 0 Å². The first-order valence-corrected chi connectivity index (χ1v) is 9.70. The lowest BCUT2D eigenvalue weighted by molar-refractivity contribution is -0.118. The number of nitrogens with one attached hydrogen (secondary N) is 1. The fourth-order valence-electron chi connectivity index (χ4n) is 2.76. The van der Waals surface area contributed by atoms with Gasteiger partial charge in [0.2, 0.25) is 5.91 Å². The molecule has 1 saturated heterocycles. The number of rotatable bonds is 7. The van der Waals surface area contributed by atoms with Crippen LogP contribution in [0.1, 0.15) is 44.2 Å². The van der Waals surface area contributed by atoms with Crippen molar-refractivity contribution in [2.45, 2.75) is 50.9 Å². The number of hydrogen-bond acceptors (Lipinski definition) is 3. The molecule has 1 aromatic carbocycles. The van der Waals surface area contributed by atoms with Crippen LogP contribution in [0.4, 0.5) is 0 Å². The van der Waals surface area contributed by atoms with Crippen molar-refractivity contribution in [2.75, 3.05) is 18.9 Å². The average molecular weight is 337 g/mol. The molecule has 0 spiro atoms. The van der Waals surface area contributed by atoms with Crippen molar-refractivity contribution in [1.29, 1.82) is 0 Å². The van der Waals surface area contributed by atoms with Crippen LogP contribution in [0.2, 0.25) is 0 Å². The van der Waals surface area contributed by atoms with Crippen molar-refractivity contribution >= 4 is 16.7 Å². The van der Waals surface area contributed by atoms with Crippen LogP contribution in [0.25, 0.3) is 0 Å². The van der Waals surface area contributed by atoms with Crippen LogP contribution in [0, 0.1) is 0 Å². The van der Waals surface area contributed by atoms with Gasteiger partial charge in [0.25, 0.3) is 0 Å². The highest BCUT2D eigenvalue weighted by atomic mass is 32.2. The van der Waals surface area contributed by atoms with E-state index in [4.69, 9.17) is 4.74 Å². The second kappa shape index (κ2) is 8.60. The molecule has 1 aromatic rings. The summed E-state index contributed by atoms with van der Waals surface area (Å²) in [5, 5.41) is 2.86. The normalized spacial score (nSPS) is 22.3. The van der Waals surface area contributed by atoms with Gasteiger partial charge in [0, 0.05) is 24.0 Å². The molecule has 128 valence electrons. The third kappa shape index (κ3) is 5.43. The molecule has 2 rings (SSSR count). The third-order valence-corrected chi connectivity index (χ3v) is 6.14. The van der Waals surface area contributed by atoms with E-state index in [2.05, 4.69) is 43.4 Å². The maximum Gasteiger partial charge on any atom is 0.232 e. The van der Waals surface area contributed by atoms with Gasteiger partial charge in [-0.05, 0) is 36.8 Å². The molecule has 0 aliphatic carbocycles. The minimum atomic E-state index is -1.15. The van der Waals surface area contributed by atoms with Crippen LogP contribution >= 0.6 is 0 Å². The molecule has 5 heteroatoms. The van der Waals surface area contributed by atoms with Gasteiger partial charge in [-0.15, -0.1) is 0 Å². The first-order valence-electron chi connectivity index (χ1n) is 8.31. The largest absolute Gasteiger partial charge is 0.377 e. The maximum absolute atomic E-state index is 12.2. The molecule has 3 atom stereocenters. The van der Waals surface area contributed by atoms with Gasteiger partial charge in [-0.3, -0.25) is 9.00 Å². The summed E-state index contributed by atoms with van der Waals surface area (Å²) in [5.41, 5.74) is 2.52. The molecule has 4 nitrogen and oxygen atoms in total. The number of carbonyl (C=O) groups excluding carboxylic acids is 1. The van der Waals surface area contributed by atoms with Gasteiger partial charge in [0.1, 0.15) is 5.75 Å². The minimum absolute atomic E-state index is 0.00988. The van der Waals surface area contributed by atoms with Crippen molar-refractivity contribution in [3.8, 4) is 0 Å². The quantitative estimate of drug-likeness (QED) is 0.831. The fraction of sp³-hybridized carbons (Fsp3) is 0.611. The van der Waals surface area contributed by atoms with Crippen molar-refractivity contribution in [3.05, 3.63) is 35.4 Å². The van der Waals surface area contributed by atoms with E-state index in [9.17, 15) is 9.00 Å². The molecule has 1 fully saturated rings. The zero-order valence-electron chi connectivity index (χ0n) is 14.2. The molecule has 0 unspecified atom stereocenters. The van der Waals surface area contributed by atoms with Crippen LogP contribution in [0.3, 0.4) is 0 Å². The molecule has 1 heterocycles.